The van der Waals surface area contributed by atoms with Crippen LogP contribution in [0.4, 0.5) is 5.82 Å². The van der Waals surface area contributed by atoms with E-state index in [2.05, 4.69) is 22.4 Å². The van der Waals surface area contributed by atoms with E-state index in [1.54, 1.807) is 13.3 Å². The maximum atomic E-state index is 12.5. The Labute approximate surface area is 188 Å². The van der Waals surface area contributed by atoms with Crippen molar-refractivity contribution in [2.24, 2.45) is 0 Å². The predicted molar refractivity (Wildman–Crippen MR) is 123 cm³/mol. The van der Waals surface area contributed by atoms with Gasteiger partial charge in [-0.2, -0.15) is 5.10 Å². The second kappa shape index (κ2) is 8.83. The molecule has 2 saturated carbocycles. The standard InChI is InChI=1S/C23H31N4O4P/c1-23(9-10-23)27(31-15-28)18-8-7-17(13-18)20-14-21(26-25-20)24-22(29)12-16-5-4-6-19(11-16)32(2,3)30/h4-6,11,14-15,17-18H,7-10,12-13H2,1-3H3,(H2,24,25,26,29)/t17-,18+/m1/s1. The molecule has 2 aliphatic rings. The van der Waals surface area contributed by atoms with Gasteiger partial charge in [0.15, 0.2) is 5.82 Å². The quantitative estimate of drug-likeness (QED) is 0.339. The molecule has 1 heterocycles. The van der Waals surface area contributed by atoms with Crippen molar-refractivity contribution in [1.29, 1.82) is 0 Å². The monoisotopic (exact) mass is 458 g/mol. The van der Waals surface area contributed by atoms with Crippen molar-refractivity contribution in [2.75, 3.05) is 18.6 Å². The molecule has 9 heteroatoms. The second-order valence-electron chi connectivity index (χ2n) is 9.64. The van der Waals surface area contributed by atoms with Gasteiger partial charge in [-0.05, 0) is 64.0 Å². The van der Waals surface area contributed by atoms with Gasteiger partial charge < -0.3 is 14.7 Å². The first-order valence-corrected chi connectivity index (χ1v) is 13.7. The molecule has 2 N–H and O–H groups in total. The van der Waals surface area contributed by atoms with E-state index in [4.69, 9.17) is 4.84 Å². The largest absolute Gasteiger partial charge is 0.370 e. The molecule has 4 rings (SSSR count). The zero-order valence-electron chi connectivity index (χ0n) is 18.8. The number of nitrogens with one attached hydrogen (secondary N) is 2. The van der Waals surface area contributed by atoms with Crippen molar-refractivity contribution in [1.82, 2.24) is 15.3 Å². The molecule has 0 aliphatic heterocycles. The summed E-state index contributed by atoms with van der Waals surface area (Å²) in [6.45, 7) is 6.10. The van der Waals surface area contributed by atoms with Crippen molar-refractivity contribution in [3.8, 4) is 0 Å². The number of hydrogen-bond donors (Lipinski definition) is 2. The van der Waals surface area contributed by atoms with E-state index in [0.717, 1.165) is 48.7 Å². The van der Waals surface area contributed by atoms with Crippen LogP contribution in [0.25, 0.3) is 0 Å². The summed E-state index contributed by atoms with van der Waals surface area (Å²) in [5.74, 6) is 0.605. The van der Waals surface area contributed by atoms with Gasteiger partial charge >= 0.3 is 6.47 Å². The van der Waals surface area contributed by atoms with Gasteiger partial charge in [0.05, 0.1) is 12.0 Å². The summed E-state index contributed by atoms with van der Waals surface area (Å²) in [4.78, 5) is 28.8. The van der Waals surface area contributed by atoms with Crippen LogP contribution in [0.15, 0.2) is 30.3 Å². The third-order valence-electron chi connectivity index (χ3n) is 6.60. The fraction of sp³-hybridized carbons (Fsp3) is 0.522. The molecule has 32 heavy (non-hydrogen) atoms. The number of carbonyl (C=O) groups is 2. The van der Waals surface area contributed by atoms with Crippen LogP contribution >= 0.6 is 7.14 Å². The number of aromatic nitrogens is 2. The van der Waals surface area contributed by atoms with E-state index in [-0.39, 0.29) is 29.8 Å². The molecule has 0 saturated heterocycles. The number of amides is 1. The third kappa shape index (κ3) is 5.13. The fourth-order valence-electron chi connectivity index (χ4n) is 4.54. The number of nitrogens with zero attached hydrogens (tertiary/aromatic N) is 2. The van der Waals surface area contributed by atoms with Crippen LogP contribution < -0.4 is 10.6 Å². The van der Waals surface area contributed by atoms with E-state index in [1.807, 2.05) is 35.4 Å². The van der Waals surface area contributed by atoms with Crippen LogP contribution in [-0.4, -0.2) is 52.6 Å². The highest BCUT2D eigenvalue weighted by molar-refractivity contribution is 7.70. The van der Waals surface area contributed by atoms with Crippen molar-refractivity contribution >= 4 is 30.6 Å². The zero-order valence-corrected chi connectivity index (χ0v) is 19.7. The molecular formula is C23H31N4O4P. The summed E-state index contributed by atoms with van der Waals surface area (Å²) in [5.41, 5.74) is 1.77. The molecule has 0 unspecified atom stereocenters. The molecule has 2 aromatic rings. The lowest BCUT2D eigenvalue weighted by Gasteiger charge is -2.31. The number of aromatic amines is 1. The van der Waals surface area contributed by atoms with Crippen LogP contribution in [0.1, 0.15) is 56.2 Å². The molecule has 1 amide bonds. The van der Waals surface area contributed by atoms with E-state index >= 15 is 0 Å². The Morgan fingerprint density at radius 3 is 2.81 bits per heavy atom. The average molecular weight is 458 g/mol. The topological polar surface area (TPSA) is 104 Å². The van der Waals surface area contributed by atoms with Crippen LogP contribution in [0, 0.1) is 0 Å². The summed E-state index contributed by atoms with van der Waals surface area (Å²) in [6, 6.07) is 9.45. The highest BCUT2D eigenvalue weighted by atomic mass is 31.2. The SMILES string of the molecule is CC1(N(OC=O)[C@H]2CC[C@@H](c3cc(NC(=O)Cc4cccc(P(C)(C)=O)c4)n[nH]3)C2)CC1. The van der Waals surface area contributed by atoms with E-state index in [0.29, 0.717) is 12.3 Å². The summed E-state index contributed by atoms with van der Waals surface area (Å²) in [5, 5.41) is 12.8. The lowest BCUT2D eigenvalue weighted by molar-refractivity contribution is -0.204. The van der Waals surface area contributed by atoms with Gasteiger partial charge in [0.25, 0.3) is 0 Å². The number of H-pyrrole nitrogens is 1. The molecule has 8 nitrogen and oxygen atoms in total. The Kier molecular flexibility index (Phi) is 6.28. The molecule has 2 fully saturated rings. The normalized spacial score (nSPS) is 22.0. The van der Waals surface area contributed by atoms with Crippen molar-refractivity contribution in [3.63, 3.8) is 0 Å². The Morgan fingerprint density at radius 2 is 2.12 bits per heavy atom. The van der Waals surface area contributed by atoms with Crippen molar-refractivity contribution in [3.05, 3.63) is 41.6 Å². The molecular weight excluding hydrogens is 427 g/mol. The molecule has 1 aromatic heterocycles. The van der Waals surface area contributed by atoms with Crippen LogP contribution in [0.5, 0.6) is 0 Å². The first kappa shape index (κ1) is 22.7. The smallest absolute Gasteiger partial charge is 0.313 e. The first-order chi connectivity index (χ1) is 15.2. The molecule has 2 aliphatic carbocycles. The van der Waals surface area contributed by atoms with Crippen molar-refractivity contribution in [2.45, 2.75) is 62.9 Å². The summed E-state index contributed by atoms with van der Waals surface area (Å²) >= 11 is 0. The van der Waals surface area contributed by atoms with Crippen LogP contribution in [0.3, 0.4) is 0 Å². The second-order valence-corrected chi connectivity index (χ2v) is 12.9. The van der Waals surface area contributed by atoms with Crippen molar-refractivity contribution < 1.29 is 19.0 Å². The minimum absolute atomic E-state index is 0.0335. The van der Waals surface area contributed by atoms with Gasteiger partial charge in [-0.15, -0.1) is 5.06 Å². The lowest BCUT2D eigenvalue weighted by atomic mass is 10.0. The van der Waals surface area contributed by atoms with Gasteiger partial charge in [-0.25, -0.2) is 0 Å². The molecule has 2 atom stereocenters. The third-order valence-corrected chi connectivity index (χ3v) is 8.12. The average Bonchev–Trinajstić information content (AvgIpc) is 3.13. The van der Waals surface area contributed by atoms with E-state index in [1.165, 1.54) is 0 Å². The van der Waals surface area contributed by atoms with E-state index < -0.39 is 7.14 Å². The Morgan fingerprint density at radius 1 is 1.34 bits per heavy atom. The van der Waals surface area contributed by atoms with E-state index in [9.17, 15) is 14.2 Å². The number of carbonyl (C=O) groups excluding carboxylic acids is 2. The summed E-state index contributed by atoms with van der Waals surface area (Å²) < 4.78 is 12.3. The van der Waals surface area contributed by atoms with Gasteiger partial charge in [0.1, 0.15) is 7.14 Å². The first-order valence-electron chi connectivity index (χ1n) is 11.1. The molecule has 172 valence electrons. The van der Waals surface area contributed by atoms with Crippen LogP contribution in [-0.2, 0) is 25.4 Å². The maximum Gasteiger partial charge on any atom is 0.313 e. The molecule has 0 radical (unpaired) electrons. The number of hydroxylamine groups is 2. The van der Waals surface area contributed by atoms with Gasteiger partial charge in [-0.1, -0.05) is 18.2 Å². The summed E-state index contributed by atoms with van der Waals surface area (Å²) in [6.07, 6.45) is 5.07. The highest BCUT2D eigenvalue weighted by Gasteiger charge is 2.49. The zero-order chi connectivity index (χ0) is 22.9. The van der Waals surface area contributed by atoms with Gasteiger partial charge in [0.2, 0.25) is 5.91 Å². The predicted octanol–water partition coefficient (Wildman–Crippen LogP) is 3.42. The molecule has 0 bridgehead atoms. The fourth-order valence-corrected chi connectivity index (χ4v) is 5.46. The van der Waals surface area contributed by atoms with Crippen LogP contribution in [0.2, 0.25) is 0 Å². The Balaban J connectivity index is 1.35. The Hall–Kier alpha value is -2.44. The highest BCUT2D eigenvalue weighted by Crippen LogP contribution is 2.47. The summed E-state index contributed by atoms with van der Waals surface area (Å²) in [7, 11) is -2.37. The minimum atomic E-state index is -2.37. The number of hydrogen-bond acceptors (Lipinski definition) is 6. The number of rotatable bonds is 9. The molecule has 1 aromatic carbocycles. The van der Waals surface area contributed by atoms with Gasteiger partial charge in [-0.3, -0.25) is 14.7 Å². The molecule has 0 spiro atoms. The Bertz CT molecular complexity index is 1040. The number of anilines is 1. The van der Waals surface area contributed by atoms with Gasteiger partial charge in [0, 0.05) is 29.0 Å². The number of benzene rings is 1. The lowest BCUT2D eigenvalue weighted by Crippen LogP contribution is -2.42. The maximum absolute atomic E-state index is 12.5. The minimum Gasteiger partial charge on any atom is -0.370 e.